The van der Waals surface area contributed by atoms with Gasteiger partial charge in [-0.15, -0.1) is 0 Å². The van der Waals surface area contributed by atoms with Crippen LogP contribution in [0, 0.1) is 6.92 Å². The third-order valence-electron chi connectivity index (χ3n) is 5.53. The number of carbonyl (C=O) groups is 2. The van der Waals surface area contributed by atoms with Crippen LogP contribution in [0.4, 0.5) is 5.69 Å². The van der Waals surface area contributed by atoms with Gasteiger partial charge in [-0.05, 0) is 49.1 Å². The first kappa shape index (κ1) is 17.5. The van der Waals surface area contributed by atoms with E-state index in [0.29, 0.717) is 12.8 Å². The number of rotatable bonds is 3. The molecule has 0 spiro atoms. The largest absolute Gasteiger partial charge is 0.497 e. The van der Waals surface area contributed by atoms with Crippen LogP contribution in [0.2, 0.25) is 0 Å². The van der Waals surface area contributed by atoms with Gasteiger partial charge >= 0.3 is 0 Å². The first-order valence-corrected chi connectivity index (χ1v) is 9.39. The maximum Gasteiger partial charge on any atom is 0.232 e. The van der Waals surface area contributed by atoms with Crippen molar-refractivity contribution in [2.75, 3.05) is 12.0 Å². The maximum absolute atomic E-state index is 13.2. The summed E-state index contributed by atoms with van der Waals surface area (Å²) in [5, 5.41) is 0. The van der Waals surface area contributed by atoms with Gasteiger partial charge in [0.05, 0.1) is 12.8 Å². The van der Waals surface area contributed by atoms with E-state index in [2.05, 4.69) is 0 Å². The topological polar surface area (TPSA) is 46.6 Å². The Labute approximate surface area is 159 Å². The molecule has 0 aromatic heterocycles. The van der Waals surface area contributed by atoms with Crippen molar-refractivity contribution in [3.63, 3.8) is 0 Å². The molecule has 27 heavy (non-hydrogen) atoms. The zero-order chi connectivity index (χ0) is 19.0. The summed E-state index contributed by atoms with van der Waals surface area (Å²) >= 11 is 0. The lowest BCUT2D eigenvalue weighted by atomic mass is 9.77. The molecule has 1 amide bonds. The van der Waals surface area contributed by atoms with Gasteiger partial charge < -0.3 is 4.74 Å². The average Bonchev–Trinajstić information content (AvgIpc) is 2.68. The summed E-state index contributed by atoms with van der Waals surface area (Å²) in [4.78, 5) is 27.9. The number of nitrogens with zero attached hydrogens (tertiary/aromatic N) is 1. The van der Waals surface area contributed by atoms with Gasteiger partial charge in [-0.25, -0.2) is 0 Å². The highest BCUT2D eigenvalue weighted by Crippen LogP contribution is 2.44. The Hall–Kier alpha value is -2.88. The Morgan fingerprint density at radius 2 is 1.85 bits per heavy atom. The van der Waals surface area contributed by atoms with Gasteiger partial charge in [-0.1, -0.05) is 30.3 Å². The summed E-state index contributed by atoms with van der Waals surface area (Å²) in [6, 6.07) is 15.6. The highest BCUT2D eigenvalue weighted by Gasteiger charge is 2.40. The molecule has 1 aliphatic heterocycles. The molecule has 2 aliphatic rings. The second kappa shape index (κ2) is 7.03. The quantitative estimate of drug-likeness (QED) is 0.807. The highest BCUT2D eigenvalue weighted by molar-refractivity contribution is 6.07. The number of para-hydroxylation sites is 1. The molecule has 138 valence electrons. The van der Waals surface area contributed by atoms with Gasteiger partial charge in [-0.3, -0.25) is 14.5 Å². The molecule has 1 unspecified atom stereocenters. The second-order valence-electron chi connectivity index (χ2n) is 7.19. The highest BCUT2D eigenvalue weighted by atomic mass is 16.5. The minimum Gasteiger partial charge on any atom is -0.497 e. The Bertz CT molecular complexity index is 944. The number of amides is 1. The predicted octanol–water partition coefficient (Wildman–Crippen LogP) is 4.53. The van der Waals surface area contributed by atoms with Crippen molar-refractivity contribution in [2.24, 2.45) is 0 Å². The third-order valence-corrected chi connectivity index (χ3v) is 5.53. The van der Waals surface area contributed by atoms with E-state index in [1.54, 1.807) is 12.0 Å². The number of methoxy groups -OCH3 is 1. The van der Waals surface area contributed by atoms with Crippen molar-refractivity contribution in [2.45, 2.75) is 38.5 Å². The van der Waals surface area contributed by atoms with Gasteiger partial charge in [-0.2, -0.15) is 0 Å². The fourth-order valence-electron chi connectivity index (χ4n) is 4.23. The summed E-state index contributed by atoms with van der Waals surface area (Å²) in [5.74, 6) is 0.753. The zero-order valence-electron chi connectivity index (χ0n) is 15.7. The molecular weight excluding hydrogens is 338 g/mol. The number of aryl methyl sites for hydroxylation is 1. The standard InChI is InChI=1S/C23H23NO3/c1-15-7-3-4-10-19(15)24-20-11-6-12-21(25)23(20)18(14-22(24)26)16-8-5-9-17(13-16)27-2/h3-5,7-10,13,18H,6,11-12,14H2,1-2H3. The third kappa shape index (κ3) is 3.05. The number of ether oxygens (including phenoxy) is 1. The maximum atomic E-state index is 13.2. The Kier molecular flexibility index (Phi) is 4.56. The molecule has 4 nitrogen and oxygen atoms in total. The molecule has 1 aliphatic carbocycles. The van der Waals surface area contributed by atoms with E-state index < -0.39 is 0 Å². The van der Waals surface area contributed by atoms with Gasteiger partial charge in [0.25, 0.3) is 0 Å². The van der Waals surface area contributed by atoms with Crippen LogP contribution in [-0.2, 0) is 9.59 Å². The average molecular weight is 361 g/mol. The first-order valence-electron chi connectivity index (χ1n) is 9.39. The van der Waals surface area contributed by atoms with Crippen LogP contribution >= 0.6 is 0 Å². The van der Waals surface area contributed by atoms with Crippen LogP contribution in [0.25, 0.3) is 0 Å². The number of benzene rings is 2. The molecule has 0 fully saturated rings. The van der Waals surface area contributed by atoms with E-state index in [-0.39, 0.29) is 17.6 Å². The molecule has 0 bridgehead atoms. The molecule has 0 saturated carbocycles. The first-order chi connectivity index (χ1) is 13.1. The summed E-state index contributed by atoms with van der Waals surface area (Å²) in [6.45, 7) is 2.00. The SMILES string of the molecule is COc1cccc(C2CC(=O)N(c3ccccc3C)C3=C2C(=O)CCC3)c1. The second-order valence-corrected chi connectivity index (χ2v) is 7.19. The smallest absolute Gasteiger partial charge is 0.232 e. The van der Waals surface area contributed by atoms with Crippen LogP contribution in [0.1, 0.15) is 42.7 Å². The number of hydrogen-bond acceptors (Lipinski definition) is 3. The normalized spacial score (nSPS) is 19.9. The number of hydrogen-bond donors (Lipinski definition) is 0. The van der Waals surface area contributed by atoms with E-state index in [4.69, 9.17) is 4.74 Å². The molecule has 2 aromatic carbocycles. The van der Waals surface area contributed by atoms with Gasteiger partial charge in [0.15, 0.2) is 5.78 Å². The number of anilines is 1. The van der Waals surface area contributed by atoms with Crippen molar-refractivity contribution in [3.8, 4) is 5.75 Å². The van der Waals surface area contributed by atoms with Crippen molar-refractivity contribution >= 4 is 17.4 Å². The summed E-state index contributed by atoms with van der Waals surface area (Å²) in [5.41, 5.74) is 4.57. The van der Waals surface area contributed by atoms with E-state index in [1.807, 2.05) is 55.5 Å². The predicted molar refractivity (Wildman–Crippen MR) is 105 cm³/mol. The van der Waals surface area contributed by atoms with Crippen LogP contribution < -0.4 is 9.64 Å². The van der Waals surface area contributed by atoms with E-state index in [9.17, 15) is 9.59 Å². The van der Waals surface area contributed by atoms with Crippen molar-refractivity contribution in [1.82, 2.24) is 0 Å². The van der Waals surface area contributed by atoms with E-state index in [0.717, 1.165) is 46.7 Å². The zero-order valence-corrected chi connectivity index (χ0v) is 15.7. The van der Waals surface area contributed by atoms with Crippen LogP contribution in [-0.4, -0.2) is 18.8 Å². The molecule has 1 heterocycles. The van der Waals surface area contributed by atoms with Crippen molar-refractivity contribution in [1.29, 1.82) is 0 Å². The minimum absolute atomic E-state index is 0.0468. The van der Waals surface area contributed by atoms with E-state index >= 15 is 0 Å². The molecule has 4 rings (SSSR count). The lowest BCUT2D eigenvalue weighted by molar-refractivity contribution is -0.119. The molecule has 0 saturated heterocycles. The number of ketones is 1. The Balaban J connectivity index is 1.87. The van der Waals surface area contributed by atoms with Crippen LogP contribution in [0.15, 0.2) is 59.8 Å². The van der Waals surface area contributed by atoms with Crippen LogP contribution in [0.5, 0.6) is 5.75 Å². The van der Waals surface area contributed by atoms with Crippen LogP contribution in [0.3, 0.4) is 0 Å². The lowest BCUT2D eigenvalue weighted by Gasteiger charge is -2.39. The molecule has 1 atom stereocenters. The Morgan fingerprint density at radius 3 is 2.63 bits per heavy atom. The van der Waals surface area contributed by atoms with Gasteiger partial charge in [0.1, 0.15) is 5.75 Å². The summed E-state index contributed by atoms with van der Waals surface area (Å²) < 4.78 is 5.35. The minimum atomic E-state index is -0.198. The Morgan fingerprint density at radius 1 is 1.04 bits per heavy atom. The fourth-order valence-corrected chi connectivity index (χ4v) is 4.23. The summed E-state index contributed by atoms with van der Waals surface area (Å²) in [6.07, 6.45) is 2.39. The summed E-state index contributed by atoms with van der Waals surface area (Å²) in [7, 11) is 1.63. The molecule has 0 radical (unpaired) electrons. The van der Waals surface area contributed by atoms with Gasteiger partial charge in [0.2, 0.25) is 5.91 Å². The number of allylic oxidation sites excluding steroid dienone is 2. The molecular formula is C23H23NO3. The number of carbonyl (C=O) groups excluding carboxylic acids is 2. The fraction of sp³-hybridized carbons (Fsp3) is 0.304. The molecule has 0 N–H and O–H groups in total. The van der Waals surface area contributed by atoms with E-state index in [1.165, 1.54) is 0 Å². The lowest BCUT2D eigenvalue weighted by Crippen LogP contribution is -2.40. The molecule has 4 heteroatoms. The molecule has 2 aromatic rings. The van der Waals surface area contributed by atoms with Gasteiger partial charge in [0, 0.05) is 30.0 Å². The number of Topliss-reactive ketones (excluding diaryl/α,β-unsaturated/α-hetero) is 1. The van der Waals surface area contributed by atoms with Crippen molar-refractivity contribution < 1.29 is 14.3 Å². The monoisotopic (exact) mass is 361 g/mol. The van der Waals surface area contributed by atoms with Crippen molar-refractivity contribution in [3.05, 3.63) is 70.9 Å².